The molecule has 0 saturated carbocycles. The number of hydrogen-bond donors (Lipinski definition) is 1. The number of carbonyl (C=O) groups excluding carboxylic acids is 2. The van der Waals surface area contributed by atoms with Gasteiger partial charge in [-0.3, -0.25) is 9.59 Å². The normalized spacial score (nSPS) is 14.6. The second-order valence-electron chi connectivity index (χ2n) is 9.96. The molecule has 1 amide bonds. The minimum Gasteiger partial charge on any atom is -0.441 e. The number of oxazole rings is 1. The minimum atomic E-state index is -0.221. The van der Waals surface area contributed by atoms with Crippen LogP contribution < -0.4 is 5.32 Å². The zero-order valence-corrected chi connectivity index (χ0v) is 21.5. The second-order valence-corrected chi connectivity index (χ2v) is 9.96. The van der Waals surface area contributed by atoms with Crippen LogP contribution in [0, 0.1) is 19.8 Å². The topological polar surface area (TPSA) is 75.4 Å². The van der Waals surface area contributed by atoms with E-state index in [0.717, 1.165) is 43.1 Å². The second kappa shape index (κ2) is 12.6. The third kappa shape index (κ3) is 7.62. The van der Waals surface area contributed by atoms with Crippen molar-refractivity contribution in [1.29, 1.82) is 0 Å². The number of carbonyl (C=O) groups is 2. The van der Waals surface area contributed by atoms with E-state index in [1.54, 1.807) is 6.92 Å². The van der Waals surface area contributed by atoms with E-state index in [2.05, 4.69) is 45.5 Å². The maximum atomic E-state index is 12.5. The van der Waals surface area contributed by atoms with Crippen LogP contribution in [0.25, 0.3) is 11.5 Å². The number of nitrogens with zero attached hydrogens (tertiary/aromatic N) is 2. The molecule has 1 aliphatic rings. The lowest BCUT2D eigenvalue weighted by Crippen LogP contribution is -2.36. The molecule has 0 atom stereocenters. The molecule has 1 aliphatic heterocycles. The molecule has 2 aromatic carbocycles. The van der Waals surface area contributed by atoms with Crippen molar-refractivity contribution >= 4 is 11.7 Å². The average Bonchev–Trinajstić information content (AvgIpc) is 3.23. The Hall–Kier alpha value is -3.25. The Kier molecular flexibility index (Phi) is 9.06. The smallest absolute Gasteiger partial charge is 0.227 e. The monoisotopic (exact) mass is 487 g/mol. The molecular weight excluding hydrogens is 450 g/mol. The van der Waals surface area contributed by atoms with Gasteiger partial charge in [0.15, 0.2) is 0 Å². The number of ketones is 1. The van der Waals surface area contributed by atoms with Crippen LogP contribution in [0.1, 0.15) is 48.3 Å². The number of piperidine rings is 1. The number of Topliss-reactive ketones (excluding diaryl/α,β-unsaturated/α-hetero) is 1. The standard InChI is InChI=1S/C30H37N3O3/c1-22-9-11-26(12-10-22)30-32-28(23(2)36-30)20-27(34)21-29(35)31-15-6-16-33-17-13-25(14-18-33)19-24-7-4-3-5-8-24/h3-5,7-12,25H,6,13-21H2,1-2H3,(H,31,35). The molecule has 6 nitrogen and oxygen atoms in total. The molecule has 0 spiro atoms. The quantitative estimate of drug-likeness (QED) is 0.307. The predicted octanol–water partition coefficient (Wildman–Crippen LogP) is 4.92. The summed E-state index contributed by atoms with van der Waals surface area (Å²) in [6, 6.07) is 18.6. The summed E-state index contributed by atoms with van der Waals surface area (Å²) < 4.78 is 5.75. The molecular formula is C30H37N3O3. The summed E-state index contributed by atoms with van der Waals surface area (Å²) in [6.45, 7) is 7.63. The third-order valence-corrected chi connectivity index (χ3v) is 6.96. The molecule has 0 aliphatic carbocycles. The number of aryl methyl sites for hydroxylation is 2. The first-order chi connectivity index (χ1) is 17.5. The number of rotatable bonds is 11. The zero-order valence-electron chi connectivity index (χ0n) is 21.5. The molecule has 1 aromatic heterocycles. The Morgan fingerprint density at radius 1 is 1.03 bits per heavy atom. The summed E-state index contributed by atoms with van der Waals surface area (Å²) >= 11 is 0. The van der Waals surface area contributed by atoms with Crippen LogP contribution >= 0.6 is 0 Å². The van der Waals surface area contributed by atoms with Gasteiger partial charge in [0.2, 0.25) is 11.8 Å². The molecule has 190 valence electrons. The number of nitrogens with one attached hydrogen (secondary N) is 1. The van der Waals surface area contributed by atoms with E-state index in [-0.39, 0.29) is 24.5 Å². The Morgan fingerprint density at radius 2 is 1.75 bits per heavy atom. The van der Waals surface area contributed by atoms with Crippen molar-refractivity contribution < 1.29 is 14.0 Å². The minimum absolute atomic E-state index is 0.104. The first-order valence-corrected chi connectivity index (χ1v) is 13.0. The van der Waals surface area contributed by atoms with E-state index in [0.29, 0.717) is 23.9 Å². The fourth-order valence-electron chi connectivity index (χ4n) is 4.79. The largest absolute Gasteiger partial charge is 0.441 e. The molecule has 2 heterocycles. The number of aromatic nitrogens is 1. The van der Waals surface area contributed by atoms with Gasteiger partial charge in [-0.05, 0) is 82.8 Å². The van der Waals surface area contributed by atoms with Crippen LogP contribution in [0.3, 0.4) is 0 Å². The van der Waals surface area contributed by atoms with E-state index in [9.17, 15) is 9.59 Å². The fraction of sp³-hybridized carbons (Fsp3) is 0.433. The van der Waals surface area contributed by atoms with Crippen LogP contribution in [0.5, 0.6) is 0 Å². The van der Waals surface area contributed by atoms with Crippen molar-refractivity contribution in [1.82, 2.24) is 15.2 Å². The zero-order chi connectivity index (χ0) is 25.3. The van der Waals surface area contributed by atoms with E-state index in [1.165, 1.54) is 24.8 Å². The lowest BCUT2D eigenvalue weighted by molar-refractivity contribution is -0.127. The van der Waals surface area contributed by atoms with Crippen LogP contribution in [-0.4, -0.2) is 47.8 Å². The average molecular weight is 488 g/mol. The molecule has 1 saturated heterocycles. The summed E-state index contributed by atoms with van der Waals surface area (Å²) in [6.07, 6.45) is 4.49. The molecule has 4 rings (SSSR count). The summed E-state index contributed by atoms with van der Waals surface area (Å²) in [7, 11) is 0. The first kappa shape index (κ1) is 25.8. The highest BCUT2D eigenvalue weighted by Crippen LogP contribution is 2.23. The molecule has 6 heteroatoms. The maximum Gasteiger partial charge on any atom is 0.227 e. The van der Waals surface area contributed by atoms with Gasteiger partial charge in [-0.1, -0.05) is 48.0 Å². The third-order valence-electron chi connectivity index (χ3n) is 6.96. The van der Waals surface area contributed by atoms with Crippen molar-refractivity contribution in [3.8, 4) is 11.5 Å². The van der Waals surface area contributed by atoms with Crippen molar-refractivity contribution in [2.24, 2.45) is 5.92 Å². The number of hydrogen-bond acceptors (Lipinski definition) is 5. The molecule has 36 heavy (non-hydrogen) atoms. The summed E-state index contributed by atoms with van der Waals surface area (Å²) in [5, 5.41) is 2.90. The van der Waals surface area contributed by atoms with Crippen LogP contribution in [-0.2, 0) is 22.4 Å². The van der Waals surface area contributed by atoms with E-state index in [1.807, 2.05) is 31.2 Å². The Balaban J connectivity index is 1.11. The molecule has 0 bridgehead atoms. The predicted molar refractivity (Wildman–Crippen MR) is 142 cm³/mol. The first-order valence-electron chi connectivity index (χ1n) is 13.0. The number of amides is 1. The van der Waals surface area contributed by atoms with Gasteiger partial charge < -0.3 is 14.6 Å². The lowest BCUT2D eigenvalue weighted by atomic mass is 9.90. The van der Waals surface area contributed by atoms with Gasteiger partial charge in [-0.25, -0.2) is 4.98 Å². The van der Waals surface area contributed by atoms with E-state index < -0.39 is 0 Å². The van der Waals surface area contributed by atoms with Crippen molar-refractivity contribution in [2.75, 3.05) is 26.2 Å². The van der Waals surface area contributed by atoms with Crippen LogP contribution in [0.15, 0.2) is 59.0 Å². The summed E-state index contributed by atoms with van der Waals surface area (Å²) in [5.41, 5.74) is 4.06. The molecule has 1 fully saturated rings. The lowest BCUT2D eigenvalue weighted by Gasteiger charge is -2.32. The van der Waals surface area contributed by atoms with Gasteiger partial charge in [-0.15, -0.1) is 0 Å². The summed E-state index contributed by atoms with van der Waals surface area (Å²) in [5.74, 6) is 1.51. The Bertz CT molecular complexity index is 1130. The Morgan fingerprint density at radius 3 is 2.47 bits per heavy atom. The molecule has 3 aromatic rings. The van der Waals surface area contributed by atoms with Gasteiger partial charge in [0.05, 0.1) is 18.5 Å². The van der Waals surface area contributed by atoms with E-state index in [4.69, 9.17) is 4.42 Å². The van der Waals surface area contributed by atoms with Gasteiger partial charge in [0.25, 0.3) is 0 Å². The van der Waals surface area contributed by atoms with Gasteiger partial charge >= 0.3 is 0 Å². The van der Waals surface area contributed by atoms with Crippen molar-refractivity contribution in [2.45, 2.75) is 52.4 Å². The number of benzene rings is 2. The molecule has 0 unspecified atom stereocenters. The van der Waals surface area contributed by atoms with Crippen LogP contribution in [0.4, 0.5) is 0 Å². The molecule has 0 radical (unpaired) electrons. The van der Waals surface area contributed by atoms with Crippen molar-refractivity contribution in [3.05, 3.63) is 77.2 Å². The SMILES string of the molecule is Cc1ccc(-c2nc(CC(=O)CC(=O)NCCCN3CCC(Cc4ccccc4)CC3)c(C)o2)cc1. The van der Waals surface area contributed by atoms with Gasteiger partial charge in [0.1, 0.15) is 11.5 Å². The van der Waals surface area contributed by atoms with Gasteiger partial charge in [0, 0.05) is 12.1 Å². The fourth-order valence-corrected chi connectivity index (χ4v) is 4.79. The highest BCUT2D eigenvalue weighted by Gasteiger charge is 2.20. The summed E-state index contributed by atoms with van der Waals surface area (Å²) in [4.78, 5) is 31.7. The Labute approximate surface area is 214 Å². The van der Waals surface area contributed by atoms with Crippen LogP contribution in [0.2, 0.25) is 0 Å². The van der Waals surface area contributed by atoms with E-state index >= 15 is 0 Å². The van der Waals surface area contributed by atoms with Gasteiger partial charge in [-0.2, -0.15) is 0 Å². The van der Waals surface area contributed by atoms with Crippen molar-refractivity contribution in [3.63, 3.8) is 0 Å². The maximum absolute atomic E-state index is 12.5. The number of likely N-dealkylation sites (tertiary alicyclic amines) is 1. The highest BCUT2D eigenvalue weighted by molar-refractivity contribution is 5.98. The molecule has 1 N–H and O–H groups in total. The highest BCUT2D eigenvalue weighted by atomic mass is 16.4.